The molecule has 0 unspecified atom stereocenters. The van der Waals surface area contributed by atoms with Gasteiger partial charge < -0.3 is 5.11 Å². The summed E-state index contributed by atoms with van der Waals surface area (Å²) in [5, 5.41) is 12.9. The highest BCUT2D eigenvalue weighted by molar-refractivity contribution is 6.21. The van der Waals surface area contributed by atoms with Crippen molar-refractivity contribution in [1.29, 1.82) is 0 Å². The molecule has 0 bridgehead atoms. The maximum Gasteiger partial charge on any atom is 0.335 e. The normalized spacial score (nSPS) is 13.7. The van der Waals surface area contributed by atoms with Gasteiger partial charge in [-0.25, -0.2) is 4.79 Å². The van der Waals surface area contributed by atoms with Crippen molar-refractivity contribution in [1.82, 2.24) is 14.7 Å². The fourth-order valence-corrected chi connectivity index (χ4v) is 2.29. The van der Waals surface area contributed by atoms with E-state index in [4.69, 9.17) is 5.11 Å². The summed E-state index contributed by atoms with van der Waals surface area (Å²) < 4.78 is 1.58. The minimum Gasteiger partial charge on any atom is -0.478 e. The van der Waals surface area contributed by atoms with Gasteiger partial charge in [-0.3, -0.25) is 19.2 Å². The molecule has 3 rings (SSSR count). The van der Waals surface area contributed by atoms with Crippen molar-refractivity contribution >= 4 is 17.8 Å². The predicted octanol–water partition coefficient (Wildman–Crippen LogP) is 0.915. The van der Waals surface area contributed by atoms with Crippen molar-refractivity contribution in [2.24, 2.45) is 7.05 Å². The van der Waals surface area contributed by atoms with Gasteiger partial charge in [0, 0.05) is 13.2 Å². The first kappa shape index (κ1) is 13.0. The van der Waals surface area contributed by atoms with Crippen LogP contribution in [-0.2, 0) is 13.6 Å². The molecule has 2 aromatic rings. The topological polar surface area (TPSA) is 92.5 Å². The number of imide groups is 1. The number of rotatable bonds is 3. The molecule has 7 heteroatoms. The van der Waals surface area contributed by atoms with Crippen LogP contribution in [0.3, 0.4) is 0 Å². The predicted molar refractivity (Wildman–Crippen MR) is 70.8 cm³/mol. The summed E-state index contributed by atoms with van der Waals surface area (Å²) in [5.74, 6) is -2.05. The second-order valence-corrected chi connectivity index (χ2v) is 4.71. The number of fused-ring (bicyclic) bond motifs is 1. The van der Waals surface area contributed by atoms with Crippen molar-refractivity contribution in [3.8, 4) is 0 Å². The summed E-state index contributed by atoms with van der Waals surface area (Å²) in [6.45, 7) is 0.102. The molecule has 1 aromatic heterocycles. The Hall–Kier alpha value is -2.96. The zero-order chi connectivity index (χ0) is 15.1. The first-order valence-corrected chi connectivity index (χ1v) is 6.19. The summed E-state index contributed by atoms with van der Waals surface area (Å²) in [4.78, 5) is 36.6. The van der Waals surface area contributed by atoms with E-state index in [2.05, 4.69) is 5.10 Å². The van der Waals surface area contributed by atoms with Crippen LogP contribution in [0.5, 0.6) is 0 Å². The summed E-state index contributed by atoms with van der Waals surface area (Å²) in [6, 6.07) is 5.65. The minimum atomic E-state index is -1.14. The van der Waals surface area contributed by atoms with Crippen LogP contribution in [0.1, 0.15) is 36.8 Å². The van der Waals surface area contributed by atoms with Gasteiger partial charge in [0.25, 0.3) is 11.8 Å². The van der Waals surface area contributed by atoms with E-state index in [-0.39, 0.29) is 23.2 Å². The second-order valence-electron chi connectivity index (χ2n) is 4.71. The summed E-state index contributed by atoms with van der Waals surface area (Å²) in [5.41, 5.74) is 1.05. The van der Waals surface area contributed by atoms with Crippen molar-refractivity contribution < 1.29 is 19.5 Å². The standard InChI is InChI=1S/C14H11N3O4/c1-16-9(4-5-15-16)7-17-12(18)10-3-2-8(14(20)21)6-11(10)13(17)19/h2-6H,7H2,1H3,(H,20,21). The number of nitrogens with zero attached hydrogens (tertiary/aromatic N) is 3. The Kier molecular flexibility index (Phi) is 2.83. The van der Waals surface area contributed by atoms with Crippen LogP contribution < -0.4 is 0 Å². The number of hydrogen-bond acceptors (Lipinski definition) is 4. The highest BCUT2D eigenvalue weighted by atomic mass is 16.4. The molecule has 0 spiro atoms. The number of benzene rings is 1. The number of hydrogen-bond donors (Lipinski definition) is 1. The molecule has 106 valence electrons. The van der Waals surface area contributed by atoms with E-state index < -0.39 is 17.8 Å². The zero-order valence-corrected chi connectivity index (χ0v) is 11.1. The maximum absolute atomic E-state index is 12.3. The Morgan fingerprint density at radius 1 is 1.19 bits per heavy atom. The molecule has 0 saturated heterocycles. The van der Waals surface area contributed by atoms with E-state index in [1.54, 1.807) is 24.0 Å². The average molecular weight is 285 g/mol. The lowest BCUT2D eigenvalue weighted by Gasteiger charge is -2.13. The lowest BCUT2D eigenvalue weighted by atomic mass is 10.1. The number of carbonyl (C=O) groups is 3. The van der Waals surface area contributed by atoms with Crippen molar-refractivity contribution in [3.05, 3.63) is 52.8 Å². The summed E-state index contributed by atoms with van der Waals surface area (Å²) in [6.07, 6.45) is 1.58. The molecule has 1 aliphatic rings. The lowest BCUT2D eigenvalue weighted by Crippen LogP contribution is -2.30. The molecule has 21 heavy (non-hydrogen) atoms. The van der Waals surface area contributed by atoms with Gasteiger partial charge in [-0.1, -0.05) is 0 Å². The van der Waals surface area contributed by atoms with Crippen LogP contribution in [0.15, 0.2) is 30.5 Å². The molecular formula is C14H11N3O4. The number of carboxylic acids is 1. The van der Waals surface area contributed by atoms with Gasteiger partial charge in [0.05, 0.1) is 28.9 Å². The molecule has 0 radical (unpaired) electrons. The number of amides is 2. The van der Waals surface area contributed by atoms with Crippen molar-refractivity contribution in [2.75, 3.05) is 0 Å². The van der Waals surface area contributed by atoms with Crippen LogP contribution >= 0.6 is 0 Å². The number of carbonyl (C=O) groups excluding carboxylic acids is 2. The lowest BCUT2D eigenvalue weighted by molar-refractivity contribution is 0.0637. The van der Waals surface area contributed by atoms with Crippen LogP contribution in [0.25, 0.3) is 0 Å². The molecule has 0 atom stereocenters. The minimum absolute atomic E-state index is 0.0164. The highest BCUT2D eigenvalue weighted by Gasteiger charge is 2.36. The van der Waals surface area contributed by atoms with Gasteiger partial charge in [0.2, 0.25) is 0 Å². The summed E-state index contributed by atoms with van der Waals surface area (Å²) in [7, 11) is 1.72. The van der Waals surface area contributed by atoms with Gasteiger partial charge >= 0.3 is 5.97 Å². The fourth-order valence-electron chi connectivity index (χ4n) is 2.29. The van der Waals surface area contributed by atoms with Gasteiger partial charge in [0.1, 0.15) is 0 Å². The molecular weight excluding hydrogens is 274 g/mol. The van der Waals surface area contributed by atoms with Gasteiger partial charge in [0.15, 0.2) is 0 Å². The first-order valence-electron chi connectivity index (χ1n) is 6.19. The molecule has 1 aliphatic heterocycles. The third kappa shape index (κ3) is 1.99. The molecule has 0 fully saturated rings. The van der Waals surface area contributed by atoms with Crippen molar-refractivity contribution in [3.63, 3.8) is 0 Å². The number of aromatic nitrogens is 2. The fraction of sp³-hybridized carbons (Fsp3) is 0.143. The molecule has 7 nitrogen and oxygen atoms in total. The Labute approximate surface area is 119 Å². The molecule has 2 amide bonds. The third-order valence-electron chi connectivity index (χ3n) is 3.46. The first-order chi connectivity index (χ1) is 9.99. The van der Waals surface area contributed by atoms with E-state index in [9.17, 15) is 14.4 Å². The Bertz CT molecular complexity index is 778. The Balaban J connectivity index is 1.97. The number of aryl methyl sites for hydroxylation is 1. The van der Waals surface area contributed by atoms with E-state index in [0.29, 0.717) is 5.69 Å². The molecule has 1 aromatic carbocycles. The van der Waals surface area contributed by atoms with E-state index in [1.165, 1.54) is 18.2 Å². The van der Waals surface area contributed by atoms with Gasteiger partial charge in [-0.15, -0.1) is 0 Å². The largest absolute Gasteiger partial charge is 0.478 e. The van der Waals surface area contributed by atoms with Crippen LogP contribution in [-0.4, -0.2) is 37.6 Å². The molecule has 0 saturated carbocycles. The zero-order valence-electron chi connectivity index (χ0n) is 11.1. The second kappa shape index (κ2) is 4.55. The quantitative estimate of drug-likeness (QED) is 0.846. The maximum atomic E-state index is 12.3. The van der Waals surface area contributed by atoms with Crippen LogP contribution in [0, 0.1) is 0 Å². The van der Waals surface area contributed by atoms with E-state index in [0.717, 1.165) is 4.90 Å². The van der Waals surface area contributed by atoms with Gasteiger partial charge in [-0.2, -0.15) is 5.10 Å². The molecule has 0 aliphatic carbocycles. The van der Waals surface area contributed by atoms with E-state index in [1.807, 2.05) is 0 Å². The molecule has 1 N–H and O–H groups in total. The van der Waals surface area contributed by atoms with E-state index >= 15 is 0 Å². The number of carboxylic acid groups (broad SMARTS) is 1. The highest BCUT2D eigenvalue weighted by Crippen LogP contribution is 2.25. The average Bonchev–Trinajstić information content (AvgIpc) is 2.96. The van der Waals surface area contributed by atoms with Crippen molar-refractivity contribution in [2.45, 2.75) is 6.54 Å². The molecule has 2 heterocycles. The van der Waals surface area contributed by atoms with Gasteiger partial charge in [-0.05, 0) is 24.3 Å². The monoisotopic (exact) mass is 285 g/mol. The van der Waals surface area contributed by atoms with Crippen LogP contribution in [0.4, 0.5) is 0 Å². The van der Waals surface area contributed by atoms with Crippen LogP contribution in [0.2, 0.25) is 0 Å². The summed E-state index contributed by atoms with van der Waals surface area (Å²) >= 11 is 0. The SMILES string of the molecule is Cn1nccc1CN1C(=O)c2ccc(C(=O)O)cc2C1=O. The Morgan fingerprint density at radius 3 is 2.52 bits per heavy atom. The smallest absolute Gasteiger partial charge is 0.335 e. The third-order valence-corrected chi connectivity index (χ3v) is 3.46. The Morgan fingerprint density at radius 2 is 1.90 bits per heavy atom. The number of aromatic carboxylic acids is 1.